The van der Waals surface area contributed by atoms with Crippen LogP contribution in [0.15, 0.2) is 18.3 Å². The summed E-state index contributed by atoms with van der Waals surface area (Å²) < 4.78 is 36.5. The van der Waals surface area contributed by atoms with E-state index in [1.807, 2.05) is 0 Å². The van der Waals surface area contributed by atoms with Crippen molar-refractivity contribution in [3.05, 3.63) is 29.6 Å². The summed E-state index contributed by atoms with van der Waals surface area (Å²) in [5.74, 6) is 0. The van der Waals surface area contributed by atoms with Crippen LogP contribution in [0.4, 0.5) is 13.2 Å². The molecule has 15 heavy (non-hydrogen) atoms. The van der Waals surface area contributed by atoms with Crippen molar-refractivity contribution in [3.8, 4) is 0 Å². The maximum atomic E-state index is 12.2. The Morgan fingerprint density at radius 2 is 2.00 bits per heavy atom. The highest BCUT2D eigenvalue weighted by Crippen LogP contribution is 2.28. The van der Waals surface area contributed by atoms with Gasteiger partial charge in [0, 0.05) is 12.2 Å². The number of hydrogen-bond donors (Lipinski definition) is 2. The summed E-state index contributed by atoms with van der Waals surface area (Å²) in [6.07, 6.45) is -3.08. The number of rotatable bonds is 3. The van der Waals surface area contributed by atoms with Gasteiger partial charge >= 0.3 is 6.18 Å². The van der Waals surface area contributed by atoms with Gasteiger partial charge in [0.05, 0.1) is 11.3 Å². The van der Waals surface area contributed by atoms with Gasteiger partial charge in [-0.3, -0.25) is 4.98 Å². The van der Waals surface area contributed by atoms with Gasteiger partial charge in [-0.05, 0) is 25.1 Å². The molecular weight excluding hydrogens is 207 g/mol. The Balaban J connectivity index is 2.81. The molecule has 0 aromatic carbocycles. The number of pyridine rings is 1. The van der Waals surface area contributed by atoms with Crippen molar-refractivity contribution in [2.45, 2.75) is 18.6 Å². The standard InChI is InChI=1S/C9H12F3N3/c10-9(11,12)6-1-2-8(15-5-6)7(14)3-4-13/h1-2,5,7H,3-4,13-14H2. The smallest absolute Gasteiger partial charge is 0.330 e. The zero-order valence-electron chi connectivity index (χ0n) is 7.96. The van der Waals surface area contributed by atoms with Crippen LogP contribution in [0.5, 0.6) is 0 Å². The summed E-state index contributed by atoms with van der Waals surface area (Å²) in [4.78, 5) is 3.66. The van der Waals surface area contributed by atoms with Crippen molar-refractivity contribution in [2.24, 2.45) is 11.5 Å². The molecule has 1 aromatic rings. The molecule has 0 radical (unpaired) electrons. The average molecular weight is 219 g/mol. The van der Waals surface area contributed by atoms with Crippen LogP contribution in [0.1, 0.15) is 23.7 Å². The molecule has 0 saturated carbocycles. The molecule has 1 atom stereocenters. The molecule has 1 aromatic heterocycles. The first-order chi connectivity index (χ1) is 6.95. The lowest BCUT2D eigenvalue weighted by molar-refractivity contribution is -0.137. The third kappa shape index (κ3) is 3.17. The van der Waals surface area contributed by atoms with E-state index in [9.17, 15) is 13.2 Å². The van der Waals surface area contributed by atoms with Crippen LogP contribution in [-0.4, -0.2) is 11.5 Å². The fourth-order valence-electron chi connectivity index (χ4n) is 1.12. The monoisotopic (exact) mass is 219 g/mol. The van der Waals surface area contributed by atoms with Crippen molar-refractivity contribution in [1.29, 1.82) is 0 Å². The van der Waals surface area contributed by atoms with Gasteiger partial charge in [0.1, 0.15) is 0 Å². The quantitative estimate of drug-likeness (QED) is 0.808. The summed E-state index contributed by atoms with van der Waals surface area (Å²) in [6, 6.07) is 1.85. The average Bonchev–Trinajstić information content (AvgIpc) is 2.17. The van der Waals surface area contributed by atoms with Gasteiger partial charge in [-0.15, -0.1) is 0 Å². The van der Waals surface area contributed by atoms with Gasteiger partial charge in [-0.2, -0.15) is 13.2 Å². The van der Waals surface area contributed by atoms with Crippen molar-refractivity contribution >= 4 is 0 Å². The number of halogens is 3. The summed E-state index contributed by atoms with van der Waals surface area (Å²) in [6.45, 7) is 0.379. The van der Waals surface area contributed by atoms with Gasteiger partial charge < -0.3 is 11.5 Å². The van der Waals surface area contributed by atoms with Gasteiger partial charge in [-0.1, -0.05) is 0 Å². The Morgan fingerprint density at radius 1 is 1.33 bits per heavy atom. The SMILES string of the molecule is NCCC(N)c1ccc(C(F)(F)F)cn1. The molecule has 0 bridgehead atoms. The van der Waals surface area contributed by atoms with Crippen LogP contribution in [0.2, 0.25) is 0 Å². The van der Waals surface area contributed by atoms with E-state index in [-0.39, 0.29) is 0 Å². The highest BCUT2D eigenvalue weighted by molar-refractivity contribution is 5.18. The predicted molar refractivity (Wildman–Crippen MR) is 49.8 cm³/mol. The van der Waals surface area contributed by atoms with Crippen LogP contribution in [0.3, 0.4) is 0 Å². The lowest BCUT2D eigenvalue weighted by atomic mass is 10.1. The zero-order chi connectivity index (χ0) is 11.5. The zero-order valence-corrected chi connectivity index (χ0v) is 7.96. The van der Waals surface area contributed by atoms with Crippen LogP contribution in [0, 0.1) is 0 Å². The Hall–Kier alpha value is -1.14. The molecule has 4 N–H and O–H groups in total. The minimum Gasteiger partial charge on any atom is -0.330 e. The largest absolute Gasteiger partial charge is 0.417 e. The van der Waals surface area contributed by atoms with Crippen molar-refractivity contribution < 1.29 is 13.2 Å². The van der Waals surface area contributed by atoms with E-state index in [2.05, 4.69) is 4.98 Å². The first-order valence-electron chi connectivity index (χ1n) is 4.44. The van der Waals surface area contributed by atoms with Crippen molar-refractivity contribution in [2.75, 3.05) is 6.54 Å². The normalized spacial score (nSPS) is 13.9. The molecule has 0 aliphatic heterocycles. The third-order valence-corrected chi connectivity index (χ3v) is 1.97. The highest BCUT2D eigenvalue weighted by atomic mass is 19.4. The number of aromatic nitrogens is 1. The molecule has 0 amide bonds. The van der Waals surface area contributed by atoms with Crippen LogP contribution in [0.25, 0.3) is 0 Å². The summed E-state index contributed by atoms with van der Waals surface area (Å²) in [7, 11) is 0. The maximum absolute atomic E-state index is 12.2. The fraction of sp³-hybridized carbons (Fsp3) is 0.444. The molecule has 0 aliphatic carbocycles. The summed E-state index contributed by atoms with van der Waals surface area (Å²) >= 11 is 0. The second-order valence-corrected chi connectivity index (χ2v) is 3.15. The molecule has 1 rings (SSSR count). The van der Waals surface area contributed by atoms with Gasteiger partial charge in [-0.25, -0.2) is 0 Å². The molecule has 1 unspecified atom stereocenters. The molecule has 3 nitrogen and oxygen atoms in total. The predicted octanol–water partition coefficient (Wildman–Crippen LogP) is 1.45. The van der Waals surface area contributed by atoms with E-state index < -0.39 is 17.8 Å². The van der Waals surface area contributed by atoms with Crippen molar-refractivity contribution in [1.82, 2.24) is 4.98 Å². The van der Waals surface area contributed by atoms with Crippen LogP contribution < -0.4 is 11.5 Å². The van der Waals surface area contributed by atoms with E-state index in [0.717, 1.165) is 12.3 Å². The highest BCUT2D eigenvalue weighted by Gasteiger charge is 2.30. The Morgan fingerprint density at radius 3 is 2.40 bits per heavy atom. The Bertz CT molecular complexity index is 307. The maximum Gasteiger partial charge on any atom is 0.417 e. The Kier molecular flexibility index (Phi) is 3.65. The summed E-state index contributed by atoms with van der Waals surface area (Å²) in [5, 5.41) is 0. The topological polar surface area (TPSA) is 64.9 Å². The molecular formula is C9H12F3N3. The number of nitrogens with zero attached hydrogens (tertiary/aromatic N) is 1. The van der Waals surface area contributed by atoms with Crippen LogP contribution >= 0.6 is 0 Å². The molecule has 84 valence electrons. The van der Waals surface area contributed by atoms with E-state index in [1.54, 1.807) is 0 Å². The lowest BCUT2D eigenvalue weighted by Gasteiger charge is -2.11. The molecule has 0 saturated heterocycles. The summed E-state index contributed by atoms with van der Waals surface area (Å²) in [5.41, 5.74) is 10.6. The molecule has 0 fully saturated rings. The van der Waals surface area contributed by atoms with E-state index in [0.29, 0.717) is 18.7 Å². The molecule has 1 heterocycles. The minimum atomic E-state index is -4.36. The lowest BCUT2D eigenvalue weighted by Crippen LogP contribution is -2.17. The molecule has 6 heteroatoms. The van der Waals surface area contributed by atoms with Gasteiger partial charge in [0.2, 0.25) is 0 Å². The first-order valence-corrected chi connectivity index (χ1v) is 4.44. The number of hydrogen-bond acceptors (Lipinski definition) is 3. The van der Waals surface area contributed by atoms with Gasteiger partial charge in [0.25, 0.3) is 0 Å². The fourth-order valence-corrected chi connectivity index (χ4v) is 1.12. The van der Waals surface area contributed by atoms with Crippen LogP contribution in [-0.2, 0) is 6.18 Å². The number of nitrogens with two attached hydrogens (primary N) is 2. The van der Waals surface area contributed by atoms with Gasteiger partial charge in [0.15, 0.2) is 0 Å². The molecule has 0 spiro atoms. The first kappa shape index (κ1) is 11.9. The minimum absolute atomic E-state index is 0.379. The van der Waals surface area contributed by atoms with E-state index >= 15 is 0 Å². The third-order valence-electron chi connectivity index (χ3n) is 1.97. The second-order valence-electron chi connectivity index (χ2n) is 3.15. The van der Waals surface area contributed by atoms with E-state index in [1.165, 1.54) is 6.07 Å². The van der Waals surface area contributed by atoms with E-state index in [4.69, 9.17) is 11.5 Å². The van der Waals surface area contributed by atoms with Crippen molar-refractivity contribution in [3.63, 3.8) is 0 Å². The Labute approximate surface area is 85.3 Å². The second kappa shape index (κ2) is 4.59. The number of alkyl halides is 3. The molecule has 0 aliphatic rings.